The van der Waals surface area contributed by atoms with E-state index in [0.717, 1.165) is 5.02 Å². The first-order chi connectivity index (χ1) is 8.22. The van der Waals surface area contributed by atoms with Gasteiger partial charge in [0, 0.05) is 17.5 Å². The Kier molecular flexibility index (Phi) is 3.82. The highest BCUT2D eigenvalue weighted by Gasteiger charge is 2.14. The van der Waals surface area contributed by atoms with Crippen molar-refractivity contribution in [2.24, 2.45) is 5.73 Å². The second kappa shape index (κ2) is 5.35. The van der Waals surface area contributed by atoms with Crippen molar-refractivity contribution in [3.8, 4) is 0 Å². The van der Waals surface area contributed by atoms with Gasteiger partial charge in [-0.05, 0) is 35.7 Å². The van der Waals surface area contributed by atoms with E-state index in [2.05, 4.69) is 31.2 Å². The van der Waals surface area contributed by atoms with E-state index in [0.29, 0.717) is 6.54 Å². The maximum Gasteiger partial charge on any atom is 0.0408 e. The molecule has 0 spiro atoms. The summed E-state index contributed by atoms with van der Waals surface area (Å²) < 4.78 is 0. The second-order valence-electron chi connectivity index (χ2n) is 4.20. The van der Waals surface area contributed by atoms with E-state index < -0.39 is 0 Å². The highest BCUT2D eigenvalue weighted by molar-refractivity contribution is 6.30. The fraction of sp³-hybridized carbons (Fsp3) is 0.200. The first-order valence-corrected chi connectivity index (χ1v) is 6.11. The first kappa shape index (κ1) is 12.2. The van der Waals surface area contributed by atoms with Gasteiger partial charge in [-0.2, -0.15) is 0 Å². The van der Waals surface area contributed by atoms with E-state index in [4.69, 9.17) is 17.3 Å². The molecule has 0 heterocycles. The molecule has 0 bridgehead atoms. The maximum atomic E-state index is 6.03. The Hall–Kier alpha value is -1.31. The molecule has 1 unspecified atom stereocenters. The first-order valence-electron chi connectivity index (χ1n) is 5.73. The van der Waals surface area contributed by atoms with Gasteiger partial charge in [-0.15, -0.1) is 0 Å². The zero-order valence-electron chi connectivity index (χ0n) is 9.86. The van der Waals surface area contributed by atoms with Crippen LogP contribution in [-0.2, 0) is 0 Å². The van der Waals surface area contributed by atoms with Crippen molar-refractivity contribution in [3.05, 3.63) is 70.2 Å². The summed E-state index contributed by atoms with van der Waals surface area (Å²) in [6.45, 7) is 2.70. The number of hydrogen-bond donors (Lipinski definition) is 1. The van der Waals surface area contributed by atoms with Gasteiger partial charge in [-0.1, -0.05) is 48.0 Å². The number of hydrogen-bond acceptors (Lipinski definition) is 1. The average molecular weight is 246 g/mol. The molecular weight excluding hydrogens is 230 g/mol. The molecule has 0 aliphatic heterocycles. The Balaban J connectivity index is 2.44. The Morgan fingerprint density at radius 3 is 2.53 bits per heavy atom. The van der Waals surface area contributed by atoms with Crippen LogP contribution < -0.4 is 5.73 Å². The van der Waals surface area contributed by atoms with Gasteiger partial charge in [0.25, 0.3) is 0 Å². The summed E-state index contributed by atoms with van der Waals surface area (Å²) in [6, 6.07) is 16.3. The molecule has 0 fully saturated rings. The number of halogens is 1. The van der Waals surface area contributed by atoms with E-state index in [1.165, 1.54) is 16.7 Å². The summed E-state index contributed by atoms with van der Waals surface area (Å²) in [4.78, 5) is 0. The lowest BCUT2D eigenvalue weighted by molar-refractivity contribution is 0.812. The second-order valence-corrected chi connectivity index (χ2v) is 4.64. The average Bonchev–Trinajstić information content (AvgIpc) is 2.33. The third-order valence-corrected chi connectivity index (χ3v) is 3.29. The van der Waals surface area contributed by atoms with Gasteiger partial charge < -0.3 is 5.73 Å². The Bertz CT molecular complexity index is 508. The SMILES string of the molecule is Cc1ccccc1C(CN)c1cccc(Cl)c1. The molecule has 2 rings (SSSR count). The van der Waals surface area contributed by atoms with Crippen LogP contribution in [0.15, 0.2) is 48.5 Å². The quantitative estimate of drug-likeness (QED) is 0.876. The molecule has 2 aromatic carbocycles. The summed E-state index contributed by atoms with van der Waals surface area (Å²) in [5.41, 5.74) is 9.63. The Labute approximate surface area is 107 Å². The molecule has 1 atom stereocenters. The molecule has 2 N–H and O–H groups in total. The lowest BCUT2D eigenvalue weighted by atomic mass is 9.89. The van der Waals surface area contributed by atoms with Gasteiger partial charge in [0.1, 0.15) is 0 Å². The summed E-state index contributed by atoms with van der Waals surface area (Å²) in [5, 5.41) is 0.759. The van der Waals surface area contributed by atoms with Gasteiger partial charge in [-0.3, -0.25) is 0 Å². The maximum absolute atomic E-state index is 6.03. The van der Waals surface area contributed by atoms with Crippen LogP contribution in [0.1, 0.15) is 22.6 Å². The fourth-order valence-corrected chi connectivity index (χ4v) is 2.34. The molecule has 2 heteroatoms. The van der Waals surface area contributed by atoms with Crippen LogP contribution in [-0.4, -0.2) is 6.54 Å². The molecule has 0 saturated heterocycles. The monoisotopic (exact) mass is 245 g/mol. The van der Waals surface area contributed by atoms with Gasteiger partial charge in [-0.25, -0.2) is 0 Å². The van der Waals surface area contributed by atoms with E-state index in [1.807, 2.05) is 24.3 Å². The normalized spacial score (nSPS) is 12.4. The largest absolute Gasteiger partial charge is 0.330 e. The predicted molar refractivity (Wildman–Crippen MR) is 73.5 cm³/mol. The standard InChI is InChI=1S/C15H16ClN/c1-11-5-2-3-8-14(11)15(10-17)12-6-4-7-13(16)9-12/h2-9,15H,10,17H2,1H3. The van der Waals surface area contributed by atoms with Crippen molar-refractivity contribution in [1.82, 2.24) is 0 Å². The molecule has 0 radical (unpaired) electrons. The van der Waals surface area contributed by atoms with Crippen molar-refractivity contribution >= 4 is 11.6 Å². The van der Waals surface area contributed by atoms with Crippen LogP contribution in [0.3, 0.4) is 0 Å². The molecule has 0 saturated carbocycles. The Morgan fingerprint density at radius 2 is 1.88 bits per heavy atom. The van der Waals surface area contributed by atoms with Gasteiger partial charge >= 0.3 is 0 Å². The van der Waals surface area contributed by atoms with E-state index >= 15 is 0 Å². The van der Waals surface area contributed by atoms with Crippen LogP contribution in [0.25, 0.3) is 0 Å². The summed E-state index contributed by atoms with van der Waals surface area (Å²) in [5.74, 6) is 0.217. The summed E-state index contributed by atoms with van der Waals surface area (Å²) in [7, 11) is 0. The molecule has 2 aromatic rings. The van der Waals surface area contributed by atoms with Crippen molar-refractivity contribution in [3.63, 3.8) is 0 Å². The fourth-order valence-electron chi connectivity index (χ4n) is 2.14. The number of nitrogens with two attached hydrogens (primary N) is 1. The zero-order valence-corrected chi connectivity index (χ0v) is 10.6. The molecular formula is C15H16ClN. The van der Waals surface area contributed by atoms with Crippen LogP contribution in [0.2, 0.25) is 5.02 Å². The van der Waals surface area contributed by atoms with Crippen molar-refractivity contribution in [2.45, 2.75) is 12.8 Å². The highest BCUT2D eigenvalue weighted by atomic mass is 35.5. The van der Waals surface area contributed by atoms with E-state index in [-0.39, 0.29) is 5.92 Å². The van der Waals surface area contributed by atoms with Crippen LogP contribution >= 0.6 is 11.6 Å². The molecule has 0 aliphatic carbocycles. The number of aryl methyl sites for hydroxylation is 1. The molecule has 0 amide bonds. The topological polar surface area (TPSA) is 26.0 Å². The van der Waals surface area contributed by atoms with Gasteiger partial charge in [0.05, 0.1) is 0 Å². The molecule has 17 heavy (non-hydrogen) atoms. The minimum absolute atomic E-state index is 0.217. The van der Waals surface area contributed by atoms with E-state index in [9.17, 15) is 0 Å². The molecule has 0 aliphatic rings. The lowest BCUT2D eigenvalue weighted by Crippen LogP contribution is -2.14. The lowest BCUT2D eigenvalue weighted by Gasteiger charge is -2.18. The third-order valence-electron chi connectivity index (χ3n) is 3.05. The molecule has 88 valence electrons. The minimum atomic E-state index is 0.217. The van der Waals surface area contributed by atoms with Gasteiger partial charge in [0.2, 0.25) is 0 Å². The molecule has 1 nitrogen and oxygen atoms in total. The summed E-state index contributed by atoms with van der Waals surface area (Å²) >= 11 is 6.03. The molecule has 0 aromatic heterocycles. The van der Waals surface area contributed by atoms with Crippen molar-refractivity contribution in [2.75, 3.05) is 6.54 Å². The number of rotatable bonds is 3. The highest BCUT2D eigenvalue weighted by Crippen LogP contribution is 2.27. The smallest absolute Gasteiger partial charge is 0.0408 e. The minimum Gasteiger partial charge on any atom is -0.330 e. The van der Waals surface area contributed by atoms with Crippen LogP contribution in [0, 0.1) is 6.92 Å². The summed E-state index contributed by atoms with van der Waals surface area (Å²) in [6.07, 6.45) is 0. The predicted octanol–water partition coefficient (Wildman–Crippen LogP) is 3.74. The van der Waals surface area contributed by atoms with Crippen molar-refractivity contribution in [1.29, 1.82) is 0 Å². The van der Waals surface area contributed by atoms with E-state index in [1.54, 1.807) is 0 Å². The van der Waals surface area contributed by atoms with Gasteiger partial charge in [0.15, 0.2) is 0 Å². The third kappa shape index (κ3) is 2.68. The van der Waals surface area contributed by atoms with Crippen LogP contribution in [0.4, 0.5) is 0 Å². The Morgan fingerprint density at radius 1 is 1.12 bits per heavy atom. The van der Waals surface area contributed by atoms with Crippen LogP contribution in [0.5, 0.6) is 0 Å². The van der Waals surface area contributed by atoms with Crippen molar-refractivity contribution < 1.29 is 0 Å². The zero-order chi connectivity index (χ0) is 12.3. The number of benzene rings is 2.